The van der Waals surface area contributed by atoms with Crippen LogP contribution in [0.2, 0.25) is 0 Å². The number of carbonyl (C=O) groups is 1. The second-order valence-corrected chi connectivity index (χ2v) is 8.57. The molecule has 1 atom stereocenters. The zero-order valence-corrected chi connectivity index (χ0v) is 16.2. The molecule has 2 aliphatic rings. The van der Waals surface area contributed by atoms with E-state index in [1.807, 2.05) is 11.0 Å². The van der Waals surface area contributed by atoms with Gasteiger partial charge in [0.15, 0.2) is 11.5 Å². The van der Waals surface area contributed by atoms with E-state index in [4.69, 9.17) is 9.47 Å². The highest BCUT2D eigenvalue weighted by atomic mass is 32.2. The molecule has 0 unspecified atom stereocenters. The van der Waals surface area contributed by atoms with Crippen LogP contribution in [-0.4, -0.2) is 45.0 Å². The van der Waals surface area contributed by atoms with Gasteiger partial charge in [0, 0.05) is 24.8 Å². The third-order valence-electron chi connectivity index (χ3n) is 4.85. The van der Waals surface area contributed by atoms with E-state index in [0.717, 1.165) is 32.4 Å². The summed E-state index contributed by atoms with van der Waals surface area (Å²) in [5.41, 5.74) is 0.476. The van der Waals surface area contributed by atoms with Crippen LogP contribution in [0.25, 0.3) is 0 Å². The summed E-state index contributed by atoms with van der Waals surface area (Å²) in [6, 6.07) is 13.1. The molecular formula is C20H22N2O5S. The molecule has 1 fully saturated rings. The highest BCUT2D eigenvalue weighted by Crippen LogP contribution is 2.34. The average molecular weight is 402 g/mol. The summed E-state index contributed by atoms with van der Waals surface area (Å²) in [5, 5.41) is 0. The minimum atomic E-state index is -3.75. The second kappa shape index (κ2) is 7.71. The van der Waals surface area contributed by atoms with E-state index in [1.54, 1.807) is 24.3 Å². The van der Waals surface area contributed by atoms with Crippen molar-refractivity contribution in [1.82, 2.24) is 4.90 Å². The molecule has 1 N–H and O–H groups in total. The molecular weight excluding hydrogens is 380 g/mol. The lowest BCUT2D eigenvalue weighted by Gasteiger charge is -2.32. The number of nitrogens with zero attached hydrogens (tertiary/aromatic N) is 1. The van der Waals surface area contributed by atoms with Gasteiger partial charge in [-0.15, -0.1) is 0 Å². The Kier molecular flexibility index (Phi) is 5.13. The monoisotopic (exact) mass is 402 g/mol. The Morgan fingerprint density at radius 3 is 2.50 bits per heavy atom. The van der Waals surface area contributed by atoms with Gasteiger partial charge in [0.1, 0.15) is 6.61 Å². The summed E-state index contributed by atoms with van der Waals surface area (Å²) < 4.78 is 39.2. The number of amides is 1. The maximum Gasteiger partial charge on any atom is 0.267 e. The van der Waals surface area contributed by atoms with Gasteiger partial charge in [-0.1, -0.05) is 18.2 Å². The van der Waals surface area contributed by atoms with E-state index >= 15 is 0 Å². The Morgan fingerprint density at radius 1 is 1.00 bits per heavy atom. The molecule has 0 aliphatic carbocycles. The van der Waals surface area contributed by atoms with Gasteiger partial charge in [0.25, 0.3) is 15.9 Å². The van der Waals surface area contributed by atoms with Crippen LogP contribution in [-0.2, 0) is 14.8 Å². The summed E-state index contributed by atoms with van der Waals surface area (Å²) in [5.74, 6) is 0.617. The van der Waals surface area contributed by atoms with Crippen LogP contribution in [0.5, 0.6) is 11.5 Å². The van der Waals surface area contributed by atoms with Crippen molar-refractivity contribution in [2.45, 2.75) is 30.3 Å². The van der Waals surface area contributed by atoms with Crippen molar-refractivity contribution < 1.29 is 22.7 Å². The van der Waals surface area contributed by atoms with E-state index in [0.29, 0.717) is 17.2 Å². The molecule has 148 valence electrons. The number of rotatable bonds is 4. The van der Waals surface area contributed by atoms with Crippen LogP contribution in [0, 0.1) is 0 Å². The van der Waals surface area contributed by atoms with Crippen molar-refractivity contribution in [2.75, 3.05) is 24.4 Å². The number of hydrogen-bond donors (Lipinski definition) is 1. The first kappa shape index (κ1) is 18.6. The molecule has 2 aromatic rings. The van der Waals surface area contributed by atoms with Crippen molar-refractivity contribution >= 4 is 21.6 Å². The van der Waals surface area contributed by atoms with E-state index in [-0.39, 0.29) is 17.4 Å². The van der Waals surface area contributed by atoms with Gasteiger partial charge in [-0.05, 0) is 43.5 Å². The summed E-state index contributed by atoms with van der Waals surface area (Å²) in [7, 11) is -3.75. The van der Waals surface area contributed by atoms with E-state index in [2.05, 4.69) is 4.72 Å². The molecule has 7 nitrogen and oxygen atoms in total. The molecule has 28 heavy (non-hydrogen) atoms. The van der Waals surface area contributed by atoms with Crippen LogP contribution in [0.4, 0.5) is 5.69 Å². The van der Waals surface area contributed by atoms with Gasteiger partial charge in [-0.3, -0.25) is 9.52 Å². The Morgan fingerprint density at radius 2 is 1.75 bits per heavy atom. The molecule has 0 radical (unpaired) electrons. The maximum absolute atomic E-state index is 12.6. The first-order valence-corrected chi connectivity index (χ1v) is 10.8. The SMILES string of the molecule is O=C([C@H]1COc2cc(S(=O)(=O)Nc3ccccc3)ccc2O1)N1CCCCC1. The van der Waals surface area contributed by atoms with Gasteiger partial charge >= 0.3 is 0 Å². The fraction of sp³-hybridized carbons (Fsp3) is 0.350. The number of ether oxygens (including phenoxy) is 2. The number of likely N-dealkylation sites (tertiary alicyclic amines) is 1. The first-order valence-electron chi connectivity index (χ1n) is 9.33. The fourth-order valence-corrected chi connectivity index (χ4v) is 4.45. The van der Waals surface area contributed by atoms with Crippen molar-refractivity contribution in [3.63, 3.8) is 0 Å². The predicted molar refractivity (Wildman–Crippen MR) is 104 cm³/mol. The quantitative estimate of drug-likeness (QED) is 0.850. The number of hydrogen-bond acceptors (Lipinski definition) is 5. The van der Waals surface area contributed by atoms with Crippen LogP contribution in [0.1, 0.15) is 19.3 Å². The second-order valence-electron chi connectivity index (χ2n) is 6.88. The molecule has 0 spiro atoms. The number of fused-ring (bicyclic) bond motifs is 1. The molecule has 2 aliphatic heterocycles. The number of para-hydroxylation sites is 1. The first-order chi connectivity index (χ1) is 13.5. The molecule has 8 heteroatoms. The van der Waals surface area contributed by atoms with Crippen molar-refractivity contribution in [2.24, 2.45) is 0 Å². The third-order valence-corrected chi connectivity index (χ3v) is 6.23. The summed E-state index contributed by atoms with van der Waals surface area (Å²) >= 11 is 0. The van der Waals surface area contributed by atoms with E-state index in [1.165, 1.54) is 18.2 Å². The topological polar surface area (TPSA) is 84.9 Å². The molecule has 2 aromatic carbocycles. The number of anilines is 1. The lowest BCUT2D eigenvalue weighted by Crippen LogP contribution is -2.48. The maximum atomic E-state index is 12.6. The van der Waals surface area contributed by atoms with Crippen LogP contribution in [0.15, 0.2) is 53.4 Å². The van der Waals surface area contributed by atoms with Gasteiger partial charge in [0.2, 0.25) is 6.10 Å². The number of benzene rings is 2. The number of sulfonamides is 1. The van der Waals surface area contributed by atoms with E-state index in [9.17, 15) is 13.2 Å². The number of nitrogens with one attached hydrogen (secondary N) is 1. The van der Waals surface area contributed by atoms with Crippen LogP contribution < -0.4 is 14.2 Å². The van der Waals surface area contributed by atoms with Gasteiger partial charge in [0.05, 0.1) is 4.90 Å². The molecule has 1 amide bonds. The highest BCUT2D eigenvalue weighted by Gasteiger charge is 2.32. The van der Waals surface area contributed by atoms with Gasteiger partial charge < -0.3 is 14.4 Å². The van der Waals surface area contributed by atoms with Crippen molar-refractivity contribution in [1.29, 1.82) is 0 Å². The van der Waals surface area contributed by atoms with Gasteiger partial charge in [-0.25, -0.2) is 8.42 Å². The third kappa shape index (κ3) is 3.91. The number of carbonyl (C=O) groups excluding carboxylic acids is 1. The number of piperidine rings is 1. The molecule has 0 saturated carbocycles. The normalized spacial score (nSPS) is 19.1. The lowest BCUT2D eigenvalue weighted by molar-refractivity contribution is -0.142. The van der Waals surface area contributed by atoms with Gasteiger partial charge in [-0.2, -0.15) is 0 Å². The molecule has 4 rings (SSSR count). The summed E-state index contributed by atoms with van der Waals surface area (Å²) in [6.07, 6.45) is 2.45. The zero-order valence-electron chi connectivity index (χ0n) is 15.3. The predicted octanol–water partition coefficient (Wildman–Crippen LogP) is 2.64. The zero-order chi connectivity index (χ0) is 19.6. The molecule has 1 saturated heterocycles. The lowest BCUT2D eigenvalue weighted by atomic mass is 10.1. The highest BCUT2D eigenvalue weighted by molar-refractivity contribution is 7.92. The standard InChI is InChI=1S/C20H22N2O5S/c23-20(22-11-5-2-6-12-22)19-14-26-18-13-16(9-10-17(18)27-19)28(24,25)21-15-7-3-1-4-8-15/h1,3-4,7-10,13,19,21H,2,5-6,11-12,14H2/t19-/m1/s1. The average Bonchev–Trinajstić information content (AvgIpc) is 2.73. The largest absolute Gasteiger partial charge is 0.485 e. The Balaban J connectivity index is 1.48. The van der Waals surface area contributed by atoms with Crippen LogP contribution >= 0.6 is 0 Å². The van der Waals surface area contributed by atoms with Crippen molar-refractivity contribution in [3.8, 4) is 11.5 Å². The Bertz CT molecular complexity index is 956. The van der Waals surface area contributed by atoms with Crippen molar-refractivity contribution in [3.05, 3.63) is 48.5 Å². The Hall–Kier alpha value is -2.74. The smallest absolute Gasteiger partial charge is 0.267 e. The minimum Gasteiger partial charge on any atom is -0.485 e. The molecule has 0 aromatic heterocycles. The summed E-state index contributed by atoms with van der Waals surface area (Å²) in [6.45, 7) is 1.56. The fourth-order valence-electron chi connectivity index (χ4n) is 3.38. The van der Waals surface area contributed by atoms with Crippen LogP contribution in [0.3, 0.4) is 0 Å². The molecule has 0 bridgehead atoms. The molecule has 2 heterocycles. The minimum absolute atomic E-state index is 0.0674. The van der Waals surface area contributed by atoms with E-state index < -0.39 is 16.1 Å². The summed E-state index contributed by atoms with van der Waals surface area (Å²) in [4.78, 5) is 14.5. The Labute approximate surface area is 164 Å².